The summed E-state index contributed by atoms with van der Waals surface area (Å²) in [5.74, 6) is -2.13. The van der Waals surface area contributed by atoms with Crippen molar-refractivity contribution in [3.8, 4) is 17.2 Å². The van der Waals surface area contributed by atoms with Crippen molar-refractivity contribution in [1.29, 1.82) is 0 Å². The molecule has 0 heterocycles. The Morgan fingerprint density at radius 2 is 0.673 bits per heavy atom. The molecule has 3 aromatic carbocycles. The number of carbonyl (C=O) groups excluding carboxylic acids is 6. The second-order valence-electron chi connectivity index (χ2n) is 10.5. The van der Waals surface area contributed by atoms with E-state index in [0.29, 0.717) is 17.2 Å². The molecule has 0 aromatic heterocycles. The molecule has 0 N–H and O–H groups in total. The number of hydrogen-bond donors (Lipinski definition) is 0. The molecule has 0 bridgehead atoms. The Morgan fingerprint density at radius 3 is 0.939 bits per heavy atom. The van der Waals surface area contributed by atoms with Gasteiger partial charge in [0.15, 0.2) is 17.3 Å². The van der Waals surface area contributed by atoms with E-state index < -0.39 is 54.5 Å². The zero-order valence-corrected chi connectivity index (χ0v) is 27.0. The van der Waals surface area contributed by atoms with Crippen molar-refractivity contribution in [3.05, 3.63) is 91.0 Å². The van der Waals surface area contributed by atoms with Gasteiger partial charge >= 0.3 is 17.9 Å². The standard InChI is InChI=1S/C36H39NO12/c38-28(25-47-31-10-4-1-5-11-31)22-34(41)44-19-16-37(17-20-45-35(42)23-29(39)26-48-32-12-6-2-7-13-32)18-21-46-36(43)24-30(40)27-49-33-14-8-3-9-15-33/h1-15H,16-27H2. The first-order chi connectivity index (χ1) is 23.8. The van der Waals surface area contributed by atoms with E-state index in [1.807, 2.05) is 0 Å². The number of ketones is 3. The molecule has 3 aromatic rings. The zero-order chi connectivity index (χ0) is 35.1. The highest BCUT2D eigenvalue weighted by Crippen LogP contribution is 2.10. The van der Waals surface area contributed by atoms with Crippen LogP contribution in [0.25, 0.3) is 0 Å². The van der Waals surface area contributed by atoms with Crippen LogP contribution in [-0.2, 0) is 43.0 Å². The number of para-hydroxylation sites is 3. The van der Waals surface area contributed by atoms with E-state index in [0.717, 1.165) is 0 Å². The lowest BCUT2D eigenvalue weighted by Crippen LogP contribution is -2.35. The highest BCUT2D eigenvalue weighted by Gasteiger charge is 2.16. The van der Waals surface area contributed by atoms with Crippen molar-refractivity contribution in [1.82, 2.24) is 4.90 Å². The fourth-order valence-electron chi connectivity index (χ4n) is 4.03. The number of Topliss-reactive ketones (excluding diaryl/α,β-unsaturated/α-hetero) is 3. The predicted octanol–water partition coefficient (Wildman–Crippen LogP) is 3.03. The van der Waals surface area contributed by atoms with Gasteiger partial charge in [-0.25, -0.2) is 0 Å². The maximum absolute atomic E-state index is 12.2. The van der Waals surface area contributed by atoms with Crippen LogP contribution in [-0.4, -0.2) is 99.4 Å². The molecule has 0 spiro atoms. The first-order valence-electron chi connectivity index (χ1n) is 15.5. The number of rotatable bonds is 24. The van der Waals surface area contributed by atoms with Gasteiger partial charge in [0.25, 0.3) is 0 Å². The number of benzene rings is 3. The summed E-state index contributed by atoms with van der Waals surface area (Å²) in [6.45, 7) is -0.776. The van der Waals surface area contributed by atoms with Crippen LogP contribution in [0.15, 0.2) is 91.0 Å². The highest BCUT2D eigenvalue weighted by molar-refractivity contribution is 5.97. The van der Waals surface area contributed by atoms with Crippen LogP contribution in [0.5, 0.6) is 17.2 Å². The summed E-state index contributed by atoms with van der Waals surface area (Å²) in [6, 6.07) is 26.1. The van der Waals surface area contributed by atoms with Crippen LogP contribution in [0.2, 0.25) is 0 Å². The topological polar surface area (TPSA) is 161 Å². The van der Waals surface area contributed by atoms with E-state index in [9.17, 15) is 28.8 Å². The molecule has 0 fully saturated rings. The SMILES string of the molecule is O=C(COc1ccccc1)CC(=O)OCCN(CCOC(=O)CC(=O)COc1ccccc1)CCOC(=O)CC(=O)COc1ccccc1. The summed E-state index contributed by atoms with van der Waals surface area (Å²) in [6.07, 6.45) is -1.44. The quantitative estimate of drug-likeness (QED) is 0.0774. The van der Waals surface area contributed by atoms with E-state index in [4.69, 9.17) is 28.4 Å². The molecule has 0 atom stereocenters. The lowest BCUT2D eigenvalue weighted by atomic mass is 10.3. The van der Waals surface area contributed by atoms with Gasteiger partial charge < -0.3 is 28.4 Å². The predicted molar refractivity (Wildman–Crippen MR) is 174 cm³/mol. The Morgan fingerprint density at radius 1 is 0.408 bits per heavy atom. The van der Waals surface area contributed by atoms with Crippen molar-refractivity contribution in [2.45, 2.75) is 19.3 Å². The van der Waals surface area contributed by atoms with Gasteiger partial charge in [0.1, 0.15) is 76.2 Å². The first kappa shape index (κ1) is 37.9. The van der Waals surface area contributed by atoms with E-state index in [-0.39, 0.29) is 59.3 Å². The molecule has 3 rings (SSSR count). The number of nitrogens with zero attached hydrogens (tertiary/aromatic N) is 1. The van der Waals surface area contributed by atoms with Crippen LogP contribution in [0.3, 0.4) is 0 Å². The Hall–Kier alpha value is -5.56. The van der Waals surface area contributed by atoms with Crippen molar-refractivity contribution in [2.75, 3.05) is 59.3 Å². The summed E-state index contributed by atoms with van der Waals surface area (Å²) in [5.41, 5.74) is 0. The van der Waals surface area contributed by atoms with E-state index in [1.165, 1.54) is 0 Å². The molecule has 0 aliphatic heterocycles. The fourth-order valence-corrected chi connectivity index (χ4v) is 4.03. The molecule has 0 unspecified atom stereocenters. The first-order valence-corrected chi connectivity index (χ1v) is 15.5. The molecule has 0 saturated carbocycles. The summed E-state index contributed by atoms with van der Waals surface area (Å²) in [7, 11) is 0. The molecular formula is C36H39NO12. The molecular weight excluding hydrogens is 638 g/mol. The smallest absolute Gasteiger partial charge is 0.313 e. The van der Waals surface area contributed by atoms with Gasteiger partial charge in [-0.05, 0) is 36.4 Å². The number of ether oxygens (including phenoxy) is 6. The largest absolute Gasteiger partial charge is 0.486 e. The molecule has 0 amide bonds. The third kappa shape index (κ3) is 17.2. The van der Waals surface area contributed by atoms with Gasteiger partial charge in [-0.1, -0.05) is 54.6 Å². The molecule has 13 heteroatoms. The van der Waals surface area contributed by atoms with Gasteiger partial charge in [-0.2, -0.15) is 0 Å². The van der Waals surface area contributed by atoms with Gasteiger partial charge in [-0.15, -0.1) is 0 Å². The molecule has 0 aliphatic carbocycles. The minimum absolute atomic E-state index is 0.113. The molecule has 13 nitrogen and oxygen atoms in total. The second-order valence-corrected chi connectivity index (χ2v) is 10.5. The maximum atomic E-state index is 12.2. The Labute approximate surface area is 284 Å². The van der Waals surface area contributed by atoms with Crippen molar-refractivity contribution in [2.24, 2.45) is 0 Å². The Kier molecular flexibility index (Phi) is 17.1. The summed E-state index contributed by atoms with van der Waals surface area (Å²) < 4.78 is 31.6. The normalized spacial score (nSPS) is 10.5. The van der Waals surface area contributed by atoms with Crippen molar-refractivity contribution in [3.63, 3.8) is 0 Å². The minimum atomic E-state index is -0.744. The van der Waals surface area contributed by atoms with Crippen molar-refractivity contribution < 1.29 is 57.2 Å². The van der Waals surface area contributed by atoms with Crippen LogP contribution in [0.1, 0.15) is 19.3 Å². The lowest BCUT2D eigenvalue weighted by molar-refractivity contribution is -0.147. The molecule has 0 saturated heterocycles. The van der Waals surface area contributed by atoms with E-state index in [2.05, 4.69) is 0 Å². The maximum Gasteiger partial charge on any atom is 0.313 e. The average Bonchev–Trinajstić information content (AvgIpc) is 3.10. The summed E-state index contributed by atoms with van der Waals surface area (Å²) >= 11 is 0. The number of hydrogen-bond acceptors (Lipinski definition) is 13. The third-order valence-corrected chi connectivity index (χ3v) is 6.47. The molecule has 0 radical (unpaired) electrons. The second kappa shape index (κ2) is 22.1. The zero-order valence-electron chi connectivity index (χ0n) is 27.0. The van der Waals surface area contributed by atoms with Crippen LogP contribution in [0, 0.1) is 0 Å². The van der Waals surface area contributed by atoms with Gasteiger partial charge in [-0.3, -0.25) is 33.7 Å². The number of esters is 3. The van der Waals surface area contributed by atoms with Crippen LogP contribution >= 0.6 is 0 Å². The van der Waals surface area contributed by atoms with E-state index >= 15 is 0 Å². The van der Waals surface area contributed by atoms with E-state index in [1.54, 1.807) is 95.9 Å². The fraction of sp³-hybridized carbons (Fsp3) is 0.333. The highest BCUT2D eigenvalue weighted by atomic mass is 16.5. The molecule has 49 heavy (non-hydrogen) atoms. The van der Waals surface area contributed by atoms with Crippen LogP contribution < -0.4 is 14.2 Å². The molecule has 0 aliphatic rings. The Balaban J connectivity index is 1.39. The third-order valence-electron chi connectivity index (χ3n) is 6.47. The van der Waals surface area contributed by atoms with Crippen LogP contribution in [0.4, 0.5) is 0 Å². The Bertz CT molecular complexity index is 1300. The lowest BCUT2D eigenvalue weighted by Gasteiger charge is -2.21. The summed E-state index contributed by atoms with van der Waals surface area (Å²) in [4.78, 5) is 74.7. The average molecular weight is 678 g/mol. The monoisotopic (exact) mass is 677 g/mol. The van der Waals surface area contributed by atoms with Crippen molar-refractivity contribution >= 4 is 35.3 Å². The van der Waals surface area contributed by atoms with Gasteiger partial charge in [0, 0.05) is 19.6 Å². The molecule has 260 valence electrons. The minimum Gasteiger partial charge on any atom is -0.486 e. The number of carbonyl (C=O) groups is 6. The summed E-state index contributed by atoms with van der Waals surface area (Å²) in [5, 5.41) is 0. The van der Waals surface area contributed by atoms with Gasteiger partial charge in [0.05, 0.1) is 0 Å². The van der Waals surface area contributed by atoms with Gasteiger partial charge in [0.2, 0.25) is 0 Å².